The van der Waals surface area contributed by atoms with Crippen molar-refractivity contribution in [2.24, 2.45) is 16.8 Å². The molecule has 1 aromatic heterocycles. The molecule has 0 aromatic carbocycles. The van der Waals surface area contributed by atoms with Crippen LogP contribution >= 0.6 is 0 Å². The van der Waals surface area contributed by atoms with E-state index in [0.717, 1.165) is 0 Å². The Morgan fingerprint density at radius 2 is 2.21 bits per heavy atom. The Balaban J connectivity index is 2.98. The topological polar surface area (TPSA) is 96.7 Å². The molecule has 7 heteroatoms. The van der Waals surface area contributed by atoms with Crippen LogP contribution in [0.25, 0.3) is 0 Å². The molecule has 1 aromatic rings. The Labute approximate surface area is 112 Å². The minimum atomic E-state index is -0.177. The molecule has 0 bridgehead atoms. The Morgan fingerprint density at radius 3 is 2.74 bits per heavy atom. The molecule has 0 saturated heterocycles. The molecule has 1 rings (SSSR count). The normalized spacial score (nSPS) is 13.6. The van der Waals surface area contributed by atoms with Crippen molar-refractivity contribution < 1.29 is 5.21 Å². The fraction of sp³-hybridized carbons (Fsp3) is 0.583. The van der Waals surface area contributed by atoms with Crippen molar-refractivity contribution in [3.63, 3.8) is 0 Å². The number of anilines is 1. The fourth-order valence-corrected chi connectivity index (χ4v) is 1.77. The monoisotopic (exact) mass is 267 g/mol. The summed E-state index contributed by atoms with van der Waals surface area (Å²) in [5, 5.41) is 11.6. The highest BCUT2D eigenvalue weighted by molar-refractivity contribution is 5.82. The minimum Gasteiger partial charge on any atom is -0.409 e. The van der Waals surface area contributed by atoms with E-state index in [-0.39, 0.29) is 23.4 Å². The first-order valence-electron chi connectivity index (χ1n) is 6.14. The van der Waals surface area contributed by atoms with E-state index < -0.39 is 0 Å². The van der Waals surface area contributed by atoms with E-state index in [1.54, 1.807) is 28.9 Å². The van der Waals surface area contributed by atoms with Gasteiger partial charge in [-0.2, -0.15) is 0 Å². The van der Waals surface area contributed by atoms with Crippen molar-refractivity contribution in [1.29, 1.82) is 0 Å². The standard InChI is InChI=1S/C12H21N5O2/c1-8(2)17-6-5-14-11(12(17)18)16(4)7-9(3)10(13)15-19/h5-6,8-9,19H,7H2,1-4H3,(H2,13,15). The van der Waals surface area contributed by atoms with Gasteiger partial charge in [-0.05, 0) is 13.8 Å². The van der Waals surface area contributed by atoms with Gasteiger partial charge in [-0.15, -0.1) is 0 Å². The molecule has 0 radical (unpaired) electrons. The lowest BCUT2D eigenvalue weighted by Gasteiger charge is -2.22. The maximum absolute atomic E-state index is 12.2. The first kappa shape index (κ1) is 15.0. The molecule has 0 aliphatic heterocycles. The Hall–Kier alpha value is -2.05. The van der Waals surface area contributed by atoms with E-state index in [2.05, 4.69) is 10.1 Å². The van der Waals surface area contributed by atoms with Crippen molar-refractivity contribution in [2.75, 3.05) is 18.5 Å². The number of oxime groups is 1. The van der Waals surface area contributed by atoms with Gasteiger partial charge in [0, 0.05) is 37.9 Å². The van der Waals surface area contributed by atoms with E-state index in [0.29, 0.717) is 12.4 Å². The van der Waals surface area contributed by atoms with Gasteiger partial charge in [0.25, 0.3) is 5.56 Å². The molecule has 7 nitrogen and oxygen atoms in total. The smallest absolute Gasteiger partial charge is 0.293 e. The van der Waals surface area contributed by atoms with Crippen LogP contribution in [0.5, 0.6) is 0 Å². The van der Waals surface area contributed by atoms with Gasteiger partial charge in [-0.1, -0.05) is 12.1 Å². The van der Waals surface area contributed by atoms with Crippen molar-refractivity contribution in [3.05, 3.63) is 22.7 Å². The van der Waals surface area contributed by atoms with Crippen LogP contribution in [0.3, 0.4) is 0 Å². The lowest BCUT2D eigenvalue weighted by atomic mass is 10.1. The van der Waals surface area contributed by atoms with Gasteiger partial charge in [0.1, 0.15) is 5.84 Å². The summed E-state index contributed by atoms with van der Waals surface area (Å²) < 4.78 is 1.62. The van der Waals surface area contributed by atoms with Gasteiger partial charge >= 0.3 is 0 Å². The molecule has 106 valence electrons. The van der Waals surface area contributed by atoms with E-state index >= 15 is 0 Å². The first-order valence-corrected chi connectivity index (χ1v) is 6.14. The second-order valence-electron chi connectivity index (χ2n) is 4.86. The van der Waals surface area contributed by atoms with Crippen LogP contribution in [0.15, 0.2) is 22.3 Å². The van der Waals surface area contributed by atoms with Gasteiger partial charge in [0.2, 0.25) is 0 Å². The second kappa shape index (κ2) is 6.21. The van der Waals surface area contributed by atoms with Crippen LogP contribution in [0.2, 0.25) is 0 Å². The molecule has 0 aliphatic carbocycles. The molecule has 0 aliphatic rings. The van der Waals surface area contributed by atoms with Crippen LogP contribution in [-0.2, 0) is 0 Å². The average molecular weight is 267 g/mol. The molecule has 0 fully saturated rings. The predicted octanol–water partition coefficient (Wildman–Crippen LogP) is 0.643. The number of hydrogen-bond acceptors (Lipinski definition) is 5. The highest BCUT2D eigenvalue weighted by Crippen LogP contribution is 2.07. The molecule has 0 spiro atoms. The zero-order valence-electron chi connectivity index (χ0n) is 11.7. The second-order valence-corrected chi connectivity index (χ2v) is 4.86. The van der Waals surface area contributed by atoms with Crippen LogP contribution in [0.1, 0.15) is 26.8 Å². The summed E-state index contributed by atoms with van der Waals surface area (Å²) in [7, 11) is 1.76. The first-order chi connectivity index (χ1) is 8.88. The number of aromatic nitrogens is 2. The third-order valence-corrected chi connectivity index (χ3v) is 2.94. The van der Waals surface area contributed by atoms with E-state index in [4.69, 9.17) is 10.9 Å². The van der Waals surface area contributed by atoms with Gasteiger partial charge < -0.3 is 20.4 Å². The third-order valence-electron chi connectivity index (χ3n) is 2.94. The summed E-state index contributed by atoms with van der Waals surface area (Å²) >= 11 is 0. The lowest BCUT2D eigenvalue weighted by molar-refractivity contribution is 0.314. The zero-order chi connectivity index (χ0) is 14.6. The molecule has 0 saturated carbocycles. The third kappa shape index (κ3) is 3.46. The summed E-state index contributed by atoms with van der Waals surface area (Å²) in [5.41, 5.74) is 5.38. The maximum Gasteiger partial charge on any atom is 0.293 e. The molecular formula is C12H21N5O2. The Bertz CT molecular complexity index is 509. The van der Waals surface area contributed by atoms with Crippen molar-refractivity contribution in [2.45, 2.75) is 26.8 Å². The summed E-state index contributed by atoms with van der Waals surface area (Å²) in [6, 6.07) is 0.0733. The summed E-state index contributed by atoms with van der Waals surface area (Å²) in [5.74, 6) is 0.310. The number of hydrogen-bond donors (Lipinski definition) is 2. The van der Waals surface area contributed by atoms with Gasteiger partial charge in [0.15, 0.2) is 5.82 Å². The Kier molecular flexibility index (Phi) is 4.91. The number of nitrogens with zero attached hydrogens (tertiary/aromatic N) is 4. The van der Waals surface area contributed by atoms with Crippen LogP contribution < -0.4 is 16.2 Å². The minimum absolute atomic E-state index is 0.0733. The molecule has 3 N–H and O–H groups in total. The van der Waals surface area contributed by atoms with E-state index in [1.807, 2.05) is 20.8 Å². The van der Waals surface area contributed by atoms with Crippen LogP contribution in [0.4, 0.5) is 5.82 Å². The summed E-state index contributed by atoms with van der Waals surface area (Å²) in [6.45, 7) is 6.13. The largest absolute Gasteiger partial charge is 0.409 e. The van der Waals surface area contributed by atoms with Crippen molar-refractivity contribution in [1.82, 2.24) is 9.55 Å². The predicted molar refractivity (Wildman–Crippen MR) is 74.7 cm³/mol. The van der Waals surface area contributed by atoms with Crippen LogP contribution in [-0.4, -0.2) is 34.2 Å². The molecule has 0 amide bonds. The molecule has 1 unspecified atom stereocenters. The van der Waals surface area contributed by atoms with E-state index in [1.165, 1.54) is 0 Å². The lowest BCUT2D eigenvalue weighted by Crippen LogP contribution is -2.37. The van der Waals surface area contributed by atoms with Crippen molar-refractivity contribution in [3.8, 4) is 0 Å². The van der Waals surface area contributed by atoms with E-state index in [9.17, 15) is 4.79 Å². The number of rotatable bonds is 5. The van der Waals surface area contributed by atoms with Gasteiger partial charge in [-0.25, -0.2) is 4.98 Å². The quantitative estimate of drug-likeness (QED) is 0.353. The van der Waals surface area contributed by atoms with Gasteiger partial charge in [-0.3, -0.25) is 4.79 Å². The number of nitrogens with two attached hydrogens (primary N) is 1. The highest BCUT2D eigenvalue weighted by Gasteiger charge is 2.16. The molecule has 19 heavy (non-hydrogen) atoms. The highest BCUT2D eigenvalue weighted by atomic mass is 16.4. The zero-order valence-corrected chi connectivity index (χ0v) is 11.7. The number of amidine groups is 1. The van der Waals surface area contributed by atoms with Crippen LogP contribution in [0, 0.1) is 5.92 Å². The van der Waals surface area contributed by atoms with Gasteiger partial charge in [0.05, 0.1) is 0 Å². The molecular weight excluding hydrogens is 246 g/mol. The van der Waals surface area contributed by atoms with Crippen molar-refractivity contribution >= 4 is 11.7 Å². The molecule has 1 heterocycles. The maximum atomic E-state index is 12.2. The SMILES string of the molecule is CC(CN(C)c1nccn(C(C)C)c1=O)C(N)=NO. The summed E-state index contributed by atoms with van der Waals surface area (Å²) in [6.07, 6.45) is 3.26. The molecule has 1 atom stereocenters. The fourth-order valence-electron chi connectivity index (χ4n) is 1.77. The Morgan fingerprint density at radius 1 is 1.58 bits per heavy atom. The summed E-state index contributed by atoms with van der Waals surface area (Å²) in [4.78, 5) is 18.0. The average Bonchev–Trinajstić information content (AvgIpc) is 2.37.